The molecule has 1 aromatic carbocycles. The zero-order valence-electron chi connectivity index (χ0n) is 13.2. The smallest absolute Gasteiger partial charge is 0.0896 e. The van der Waals surface area contributed by atoms with E-state index in [-0.39, 0.29) is 6.10 Å². The summed E-state index contributed by atoms with van der Waals surface area (Å²) in [5.41, 5.74) is 5.46. The molecular weight excluding hydrogens is 290 g/mol. The summed E-state index contributed by atoms with van der Waals surface area (Å²) in [6.45, 7) is 5.44. The van der Waals surface area contributed by atoms with Crippen LogP contribution in [0.3, 0.4) is 0 Å². The molecule has 4 rings (SSSR count). The molecule has 22 heavy (non-hydrogen) atoms. The molecule has 0 saturated carbocycles. The number of hydrogen-bond donors (Lipinski definition) is 1. The molecular formula is C19H23NOS. The van der Waals surface area contributed by atoms with Gasteiger partial charge < -0.3 is 10.1 Å². The van der Waals surface area contributed by atoms with E-state index in [4.69, 9.17) is 4.74 Å². The molecule has 0 spiro atoms. The summed E-state index contributed by atoms with van der Waals surface area (Å²) in [5.74, 6) is 1.16. The summed E-state index contributed by atoms with van der Waals surface area (Å²) >= 11 is 1.78. The van der Waals surface area contributed by atoms with Gasteiger partial charge in [0.25, 0.3) is 0 Å². The Morgan fingerprint density at radius 2 is 2.27 bits per heavy atom. The minimum absolute atomic E-state index is 0.255. The molecule has 4 unspecified atom stereocenters. The largest absolute Gasteiger partial charge is 0.378 e. The molecule has 0 amide bonds. The van der Waals surface area contributed by atoms with Crippen LogP contribution in [-0.4, -0.2) is 6.61 Å². The lowest BCUT2D eigenvalue weighted by Crippen LogP contribution is -2.29. The predicted octanol–water partition coefficient (Wildman–Crippen LogP) is 5.51. The Labute approximate surface area is 136 Å². The maximum Gasteiger partial charge on any atom is 0.0896 e. The topological polar surface area (TPSA) is 21.3 Å². The van der Waals surface area contributed by atoms with Crippen LogP contribution in [0, 0.1) is 5.92 Å². The minimum Gasteiger partial charge on any atom is -0.378 e. The normalized spacial score (nSPS) is 27.8. The zero-order chi connectivity index (χ0) is 15.1. The third kappa shape index (κ3) is 2.27. The van der Waals surface area contributed by atoms with E-state index in [2.05, 4.69) is 54.2 Å². The molecule has 3 heterocycles. The molecule has 4 atom stereocenters. The molecule has 2 aromatic rings. The standard InChI is InChI=1S/C19H23NOS/c1-3-12(2)13-4-5-17-16(10-13)19-15(6-8-21-19)18(20-17)14-7-9-22-11-14/h4-5,7,9-12,15,18-20H,3,6,8H2,1-2H3. The van der Waals surface area contributed by atoms with Crippen molar-refractivity contribution in [3.8, 4) is 0 Å². The van der Waals surface area contributed by atoms with Crippen molar-refractivity contribution >= 4 is 17.0 Å². The first-order valence-corrected chi connectivity index (χ1v) is 9.26. The Morgan fingerprint density at radius 3 is 3.05 bits per heavy atom. The number of hydrogen-bond acceptors (Lipinski definition) is 3. The van der Waals surface area contributed by atoms with Crippen molar-refractivity contribution in [2.45, 2.75) is 44.8 Å². The average molecular weight is 313 g/mol. The Kier molecular flexibility index (Phi) is 3.71. The highest BCUT2D eigenvalue weighted by molar-refractivity contribution is 7.08. The van der Waals surface area contributed by atoms with Gasteiger partial charge in [-0.3, -0.25) is 0 Å². The highest BCUT2D eigenvalue weighted by Gasteiger charge is 2.41. The molecule has 0 aliphatic carbocycles. The van der Waals surface area contributed by atoms with E-state index >= 15 is 0 Å². The van der Waals surface area contributed by atoms with Gasteiger partial charge in [0.2, 0.25) is 0 Å². The van der Waals surface area contributed by atoms with Gasteiger partial charge in [-0.15, -0.1) is 0 Å². The second-order valence-electron chi connectivity index (χ2n) is 6.58. The second kappa shape index (κ2) is 5.71. The summed E-state index contributed by atoms with van der Waals surface area (Å²) in [4.78, 5) is 0. The summed E-state index contributed by atoms with van der Waals surface area (Å²) in [7, 11) is 0. The number of benzene rings is 1. The fraction of sp³-hybridized carbons (Fsp3) is 0.474. The van der Waals surface area contributed by atoms with E-state index in [1.165, 1.54) is 28.8 Å². The van der Waals surface area contributed by atoms with Gasteiger partial charge in [0.15, 0.2) is 0 Å². The van der Waals surface area contributed by atoms with Crippen molar-refractivity contribution in [1.82, 2.24) is 0 Å². The lowest BCUT2D eigenvalue weighted by atomic mass is 9.80. The average Bonchev–Trinajstić information content (AvgIpc) is 3.24. The van der Waals surface area contributed by atoms with Crippen LogP contribution in [0.15, 0.2) is 35.0 Å². The number of rotatable bonds is 3. The molecule has 1 aromatic heterocycles. The number of ether oxygens (including phenoxy) is 1. The molecule has 116 valence electrons. The third-order valence-electron chi connectivity index (χ3n) is 5.34. The summed E-state index contributed by atoms with van der Waals surface area (Å²) < 4.78 is 6.14. The molecule has 1 N–H and O–H groups in total. The lowest BCUT2D eigenvalue weighted by molar-refractivity contribution is 0.0829. The molecule has 0 radical (unpaired) electrons. The molecule has 1 saturated heterocycles. The maximum absolute atomic E-state index is 6.14. The SMILES string of the molecule is CCC(C)c1ccc2c(c1)C1OCCC1C(c1ccsc1)N2. The van der Waals surface area contributed by atoms with Crippen molar-refractivity contribution in [1.29, 1.82) is 0 Å². The van der Waals surface area contributed by atoms with E-state index in [1.807, 2.05) is 0 Å². The minimum atomic E-state index is 0.255. The molecule has 1 fully saturated rings. The Hall–Kier alpha value is -1.32. The fourth-order valence-corrected chi connectivity index (χ4v) is 4.51. The Balaban J connectivity index is 1.74. The molecule has 2 nitrogen and oxygen atoms in total. The molecule has 2 aliphatic rings. The number of anilines is 1. The fourth-order valence-electron chi connectivity index (χ4n) is 3.82. The van der Waals surface area contributed by atoms with Gasteiger partial charge in [-0.1, -0.05) is 26.0 Å². The van der Waals surface area contributed by atoms with Crippen molar-refractivity contribution in [2.75, 3.05) is 11.9 Å². The van der Waals surface area contributed by atoms with Gasteiger partial charge in [-0.05, 0) is 52.8 Å². The van der Waals surface area contributed by atoms with E-state index in [0.717, 1.165) is 13.0 Å². The molecule has 3 heteroatoms. The van der Waals surface area contributed by atoms with E-state index in [1.54, 1.807) is 11.3 Å². The van der Waals surface area contributed by atoms with Gasteiger partial charge in [-0.2, -0.15) is 11.3 Å². The zero-order valence-corrected chi connectivity index (χ0v) is 14.0. The number of fused-ring (bicyclic) bond motifs is 3. The van der Waals surface area contributed by atoms with Crippen LogP contribution in [0.2, 0.25) is 0 Å². The quantitative estimate of drug-likeness (QED) is 0.807. The summed E-state index contributed by atoms with van der Waals surface area (Å²) in [5, 5.41) is 8.22. The van der Waals surface area contributed by atoms with Gasteiger partial charge >= 0.3 is 0 Å². The van der Waals surface area contributed by atoms with Crippen molar-refractivity contribution in [3.63, 3.8) is 0 Å². The number of nitrogens with one attached hydrogen (secondary N) is 1. The van der Waals surface area contributed by atoms with Crippen LogP contribution < -0.4 is 5.32 Å². The van der Waals surface area contributed by atoms with Crippen LogP contribution in [0.1, 0.15) is 61.4 Å². The third-order valence-corrected chi connectivity index (χ3v) is 6.04. The van der Waals surface area contributed by atoms with Crippen LogP contribution in [0.5, 0.6) is 0 Å². The maximum atomic E-state index is 6.14. The predicted molar refractivity (Wildman–Crippen MR) is 92.6 cm³/mol. The Morgan fingerprint density at radius 1 is 1.36 bits per heavy atom. The monoisotopic (exact) mass is 313 g/mol. The first-order chi connectivity index (χ1) is 10.8. The van der Waals surface area contributed by atoms with Crippen molar-refractivity contribution < 1.29 is 4.74 Å². The van der Waals surface area contributed by atoms with Gasteiger partial charge in [0, 0.05) is 23.8 Å². The second-order valence-corrected chi connectivity index (χ2v) is 7.36. The highest BCUT2D eigenvalue weighted by Crippen LogP contribution is 2.50. The summed E-state index contributed by atoms with van der Waals surface area (Å²) in [6, 6.07) is 9.55. The van der Waals surface area contributed by atoms with E-state index in [0.29, 0.717) is 17.9 Å². The Bertz CT molecular complexity index is 651. The van der Waals surface area contributed by atoms with Crippen LogP contribution in [-0.2, 0) is 4.74 Å². The molecule has 0 bridgehead atoms. The van der Waals surface area contributed by atoms with Crippen molar-refractivity contribution in [2.24, 2.45) is 5.92 Å². The van der Waals surface area contributed by atoms with E-state index < -0.39 is 0 Å². The lowest BCUT2D eigenvalue weighted by Gasteiger charge is -2.36. The van der Waals surface area contributed by atoms with Crippen LogP contribution >= 0.6 is 11.3 Å². The summed E-state index contributed by atoms with van der Waals surface area (Å²) in [6.07, 6.45) is 2.58. The first kappa shape index (κ1) is 14.3. The number of thiophene rings is 1. The van der Waals surface area contributed by atoms with Crippen LogP contribution in [0.4, 0.5) is 5.69 Å². The van der Waals surface area contributed by atoms with Crippen molar-refractivity contribution in [3.05, 3.63) is 51.7 Å². The van der Waals surface area contributed by atoms with Gasteiger partial charge in [0.1, 0.15) is 0 Å². The van der Waals surface area contributed by atoms with Gasteiger partial charge in [0.05, 0.1) is 12.1 Å². The highest BCUT2D eigenvalue weighted by atomic mass is 32.1. The van der Waals surface area contributed by atoms with Gasteiger partial charge in [-0.25, -0.2) is 0 Å². The van der Waals surface area contributed by atoms with Crippen LogP contribution in [0.25, 0.3) is 0 Å². The van der Waals surface area contributed by atoms with E-state index in [9.17, 15) is 0 Å². The molecule has 2 aliphatic heterocycles. The first-order valence-electron chi connectivity index (χ1n) is 8.32.